The Morgan fingerprint density at radius 1 is 1.26 bits per heavy atom. The van der Waals surface area contributed by atoms with Gasteiger partial charge in [0.15, 0.2) is 0 Å². The summed E-state index contributed by atoms with van der Waals surface area (Å²) in [5, 5.41) is 3.13. The lowest BCUT2D eigenvalue weighted by molar-refractivity contribution is -0.115. The van der Waals surface area contributed by atoms with Crippen LogP contribution >= 0.6 is 11.6 Å². The average Bonchev–Trinajstić information content (AvgIpc) is 2.39. The molecule has 0 saturated heterocycles. The molecule has 0 atom stereocenters. The molecule has 98 valence electrons. The third-order valence-electron chi connectivity index (χ3n) is 2.70. The lowest BCUT2D eigenvalue weighted by Crippen LogP contribution is -2.16. The summed E-state index contributed by atoms with van der Waals surface area (Å²) >= 11 is 5.76. The minimum atomic E-state index is -0.108. The van der Waals surface area contributed by atoms with Crippen LogP contribution in [0.25, 0.3) is 0 Å². The molecule has 0 spiro atoms. The second-order valence-electron chi connectivity index (χ2n) is 4.07. The third-order valence-corrected chi connectivity index (χ3v) is 2.91. The number of aromatic nitrogens is 1. The maximum Gasteiger partial charge on any atom is 0.228 e. The van der Waals surface area contributed by atoms with E-state index in [9.17, 15) is 4.79 Å². The Bertz CT molecular complexity index is 586. The molecule has 19 heavy (non-hydrogen) atoms. The fourth-order valence-corrected chi connectivity index (χ4v) is 1.96. The van der Waals surface area contributed by atoms with E-state index in [0.29, 0.717) is 17.4 Å². The van der Waals surface area contributed by atoms with E-state index in [0.717, 1.165) is 11.1 Å². The molecule has 0 fully saturated rings. The van der Waals surface area contributed by atoms with E-state index in [4.69, 9.17) is 17.3 Å². The molecular weight excluding hydrogens is 262 g/mol. The molecule has 1 aromatic heterocycles. The van der Waals surface area contributed by atoms with Gasteiger partial charge in [-0.1, -0.05) is 35.9 Å². The first kappa shape index (κ1) is 13.5. The zero-order valence-electron chi connectivity index (χ0n) is 10.3. The maximum atomic E-state index is 11.9. The van der Waals surface area contributed by atoms with Gasteiger partial charge in [0.1, 0.15) is 5.15 Å². The van der Waals surface area contributed by atoms with Crippen molar-refractivity contribution < 1.29 is 4.79 Å². The van der Waals surface area contributed by atoms with Crippen LogP contribution in [0, 0.1) is 0 Å². The number of hydrogen-bond acceptors (Lipinski definition) is 3. The Morgan fingerprint density at radius 2 is 2.00 bits per heavy atom. The zero-order chi connectivity index (χ0) is 13.7. The summed E-state index contributed by atoms with van der Waals surface area (Å²) in [6.45, 7) is 0.421. The van der Waals surface area contributed by atoms with Gasteiger partial charge in [-0.2, -0.15) is 0 Å². The number of amides is 1. The number of nitrogens with zero attached hydrogens (tertiary/aromatic N) is 1. The van der Waals surface area contributed by atoms with E-state index >= 15 is 0 Å². The highest BCUT2D eigenvalue weighted by Crippen LogP contribution is 2.13. The van der Waals surface area contributed by atoms with Crippen molar-refractivity contribution >= 4 is 23.2 Å². The molecule has 0 bridgehead atoms. The van der Waals surface area contributed by atoms with Crippen LogP contribution in [-0.2, 0) is 17.8 Å². The molecule has 2 rings (SSSR count). The minimum absolute atomic E-state index is 0.108. The molecule has 0 radical (unpaired) electrons. The molecule has 4 nitrogen and oxygen atoms in total. The molecular formula is C14H14ClN3O. The van der Waals surface area contributed by atoms with E-state index in [-0.39, 0.29) is 12.3 Å². The highest BCUT2D eigenvalue weighted by molar-refractivity contribution is 6.29. The number of carbonyl (C=O) groups is 1. The largest absolute Gasteiger partial charge is 0.326 e. The summed E-state index contributed by atoms with van der Waals surface area (Å²) in [7, 11) is 0. The van der Waals surface area contributed by atoms with Crippen LogP contribution in [0.4, 0.5) is 5.69 Å². The molecule has 5 heteroatoms. The summed E-state index contributed by atoms with van der Waals surface area (Å²) in [6, 6.07) is 10.9. The normalized spacial score (nSPS) is 10.2. The van der Waals surface area contributed by atoms with E-state index in [2.05, 4.69) is 10.3 Å². The second-order valence-corrected chi connectivity index (χ2v) is 4.45. The lowest BCUT2D eigenvalue weighted by Gasteiger charge is -2.08. The number of pyridine rings is 1. The molecule has 0 aliphatic rings. The van der Waals surface area contributed by atoms with Crippen molar-refractivity contribution in [3.05, 3.63) is 58.9 Å². The monoisotopic (exact) mass is 275 g/mol. The Labute approximate surface area is 116 Å². The molecule has 0 aliphatic carbocycles. The van der Waals surface area contributed by atoms with Crippen molar-refractivity contribution in [2.24, 2.45) is 5.73 Å². The Morgan fingerprint density at radius 3 is 2.68 bits per heavy atom. The number of nitrogens with two attached hydrogens (primary N) is 1. The number of nitrogens with one attached hydrogen (secondary N) is 1. The average molecular weight is 276 g/mol. The molecule has 0 unspecified atom stereocenters. The number of halogens is 1. The van der Waals surface area contributed by atoms with Crippen molar-refractivity contribution in [2.45, 2.75) is 13.0 Å². The SMILES string of the molecule is NCc1ccccc1CC(=O)Nc1ccnc(Cl)c1. The first-order valence-electron chi connectivity index (χ1n) is 5.87. The third kappa shape index (κ3) is 3.77. The van der Waals surface area contributed by atoms with Gasteiger partial charge >= 0.3 is 0 Å². The molecule has 3 N–H and O–H groups in total. The van der Waals surface area contributed by atoms with Crippen molar-refractivity contribution in [3.63, 3.8) is 0 Å². The minimum Gasteiger partial charge on any atom is -0.326 e. The summed E-state index contributed by atoms with van der Waals surface area (Å²) < 4.78 is 0. The van der Waals surface area contributed by atoms with Crippen LogP contribution in [0.1, 0.15) is 11.1 Å². The fraction of sp³-hybridized carbons (Fsp3) is 0.143. The van der Waals surface area contributed by atoms with E-state index in [1.807, 2.05) is 24.3 Å². The van der Waals surface area contributed by atoms with Crippen LogP contribution in [0.3, 0.4) is 0 Å². The number of rotatable bonds is 4. The van der Waals surface area contributed by atoms with Gasteiger partial charge in [0.05, 0.1) is 6.42 Å². The summed E-state index contributed by atoms with van der Waals surface area (Å²) in [5.41, 5.74) is 8.19. The van der Waals surface area contributed by atoms with Crippen LogP contribution in [0.5, 0.6) is 0 Å². The van der Waals surface area contributed by atoms with Gasteiger partial charge in [0.2, 0.25) is 5.91 Å². The summed E-state index contributed by atoms with van der Waals surface area (Å²) in [6.07, 6.45) is 1.83. The van der Waals surface area contributed by atoms with Crippen LogP contribution in [0.15, 0.2) is 42.6 Å². The van der Waals surface area contributed by atoms with Crippen molar-refractivity contribution in [2.75, 3.05) is 5.32 Å². The van der Waals surface area contributed by atoms with Crippen LogP contribution in [-0.4, -0.2) is 10.9 Å². The highest BCUT2D eigenvalue weighted by atomic mass is 35.5. The Balaban J connectivity index is 2.05. The van der Waals surface area contributed by atoms with E-state index in [1.165, 1.54) is 0 Å². The van der Waals surface area contributed by atoms with Gasteiger partial charge in [0, 0.05) is 18.4 Å². The maximum absolute atomic E-state index is 11.9. The first-order chi connectivity index (χ1) is 9.19. The molecule has 1 amide bonds. The van der Waals surface area contributed by atoms with Crippen molar-refractivity contribution in [1.82, 2.24) is 4.98 Å². The fourth-order valence-electron chi connectivity index (χ4n) is 1.79. The predicted molar refractivity (Wildman–Crippen MR) is 75.9 cm³/mol. The molecule has 1 aromatic carbocycles. The molecule has 0 saturated carbocycles. The van der Waals surface area contributed by atoms with Gasteiger partial charge in [-0.25, -0.2) is 4.98 Å². The summed E-state index contributed by atoms with van der Waals surface area (Å²) in [5.74, 6) is -0.108. The van der Waals surface area contributed by atoms with Gasteiger partial charge < -0.3 is 11.1 Å². The number of anilines is 1. The smallest absolute Gasteiger partial charge is 0.228 e. The molecule has 1 heterocycles. The van der Waals surface area contributed by atoms with Gasteiger partial charge in [-0.05, 0) is 23.3 Å². The topological polar surface area (TPSA) is 68.0 Å². The van der Waals surface area contributed by atoms with Crippen molar-refractivity contribution in [3.8, 4) is 0 Å². The second kappa shape index (κ2) is 6.31. The van der Waals surface area contributed by atoms with Crippen molar-refractivity contribution in [1.29, 1.82) is 0 Å². The van der Waals surface area contributed by atoms with Gasteiger partial charge in [-0.3, -0.25) is 4.79 Å². The van der Waals surface area contributed by atoms with E-state index < -0.39 is 0 Å². The number of hydrogen-bond donors (Lipinski definition) is 2. The summed E-state index contributed by atoms with van der Waals surface area (Å²) in [4.78, 5) is 15.8. The highest BCUT2D eigenvalue weighted by Gasteiger charge is 2.07. The van der Waals surface area contributed by atoms with Crippen LogP contribution < -0.4 is 11.1 Å². The van der Waals surface area contributed by atoms with Crippen LogP contribution in [0.2, 0.25) is 5.15 Å². The standard InChI is InChI=1S/C14H14ClN3O/c15-13-8-12(5-6-17-13)18-14(19)7-10-3-1-2-4-11(10)9-16/h1-6,8H,7,9,16H2,(H,17,18,19). The lowest BCUT2D eigenvalue weighted by atomic mass is 10.0. The van der Waals surface area contributed by atoms with Gasteiger partial charge in [-0.15, -0.1) is 0 Å². The van der Waals surface area contributed by atoms with Gasteiger partial charge in [0.25, 0.3) is 0 Å². The predicted octanol–water partition coefficient (Wildman–Crippen LogP) is 2.37. The first-order valence-corrected chi connectivity index (χ1v) is 6.25. The number of benzene rings is 1. The quantitative estimate of drug-likeness (QED) is 0.842. The Kier molecular flexibility index (Phi) is 4.49. The number of carbonyl (C=O) groups excluding carboxylic acids is 1. The zero-order valence-corrected chi connectivity index (χ0v) is 11.0. The molecule has 0 aliphatic heterocycles. The van der Waals surface area contributed by atoms with E-state index in [1.54, 1.807) is 18.3 Å². The molecule has 2 aromatic rings. The Hall–Kier alpha value is -1.91.